The average molecular weight is 830 g/mol. The number of thiazole rings is 2. The molecule has 0 fully saturated rings. The molecule has 0 atom stereocenters. The molecule has 8 rings (SSSR count). The number of halogens is 1. The first-order valence-corrected chi connectivity index (χ1v) is 20.8. The number of fused-ring (bicyclic) bond motifs is 2. The van der Waals surface area contributed by atoms with Gasteiger partial charge in [-0.1, -0.05) is 55.2 Å². The van der Waals surface area contributed by atoms with Crippen LogP contribution in [0, 0.1) is 6.92 Å². The third kappa shape index (κ3) is 8.29. The van der Waals surface area contributed by atoms with Crippen molar-refractivity contribution < 1.29 is 17.0 Å². The van der Waals surface area contributed by atoms with Gasteiger partial charge in [-0.25, -0.2) is 0 Å². The fourth-order valence-corrected chi connectivity index (χ4v) is 11.3. The van der Waals surface area contributed by atoms with E-state index < -0.39 is 0 Å². The van der Waals surface area contributed by atoms with Crippen molar-refractivity contribution in [2.45, 2.75) is 64.5 Å². The Hall–Kier alpha value is -4.33. The van der Waals surface area contributed by atoms with Gasteiger partial charge in [-0.05, 0) is 81.8 Å². The van der Waals surface area contributed by atoms with E-state index in [0.717, 1.165) is 57.8 Å². The van der Waals surface area contributed by atoms with Crippen molar-refractivity contribution in [1.29, 1.82) is 0 Å². The number of pyridine rings is 2. The number of hydrogen-bond acceptors (Lipinski definition) is 9. The summed E-state index contributed by atoms with van der Waals surface area (Å²) in [6, 6.07) is 26.6. The predicted octanol–water partition coefficient (Wildman–Crippen LogP) is 2.78. The minimum Gasteiger partial charge on any atom is -1.00 e. The zero-order chi connectivity index (χ0) is 37.2. The number of rotatable bonds is 5. The van der Waals surface area contributed by atoms with Crippen molar-refractivity contribution in [2.24, 2.45) is 0 Å². The van der Waals surface area contributed by atoms with Gasteiger partial charge in [0.05, 0.1) is 17.1 Å². The van der Waals surface area contributed by atoms with Gasteiger partial charge in [0.15, 0.2) is 6.20 Å². The van der Waals surface area contributed by atoms with Crippen LogP contribution in [0.15, 0.2) is 111 Å². The first-order valence-electron chi connectivity index (χ1n) is 17.6. The van der Waals surface area contributed by atoms with Crippen molar-refractivity contribution in [1.82, 2.24) is 14.1 Å². The molecule has 2 aliphatic heterocycles. The van der Waals surface area contributed by atoms with Crippen LogP contribution in [-0.4, -0.2) is 28.2 Å². The molecule has 0 aliphatic carbocycles. The lowest BCUT2D eigenvalue weighted by Gasteiger charge is -2.12. The fraction of sp³-hybridized carbons (Fsp3) is 0.238. The SMILES string of the molecule is C.CCn1c(=Cc2cccc[n+]2CC)s/c(=C2/Sc3ccccc3N2C)c1=O.CCn1c(=Cc2ccccn2)s/c(=C2/Sc3cc(C)ccc3N2C)c1=O.[Cl-]. The standard InChI is InChI=1S/C21H22N3OS2.C20H19N3OS2.CH4.ClH/c1-4-23-13-9-8-10-15(23)14-18-24(5-2)20(25)19(27-18)21-22(3)16-11-6-7-12-17(16)26-21;1-4-23-17(12-14-7-5-6-10-21-14)26-18(19(23)24)20-22(3)15-9-8-13(2)11-16(15)25-20;;/h6-14H,4-5H2,1-3H3;5-12H,4H2,1-3H3;1H4;1H/q+1;;;/p-1/b21-19+;17-12?,20-18+;;. The Morgan fingerprint density at radius 3 is 1.89 bits per heavy atom. The summed E-state index contributed by atoms with van der Waals surface area (Å²) in [7, 11) is 4.07. The fourth-order valence-electron chi connectivity index (χ4n) is 6.32. The number of anilines is 2. The van der Waals surface area contributed by atoms with E-state index in [1.165, 1.54) is 26.7 Å². The number of nitrogens with zero attached hydrogens (tertiary/aromatic N) is 6. The lowest BCUT2D eigenvalue weighted by atomic mass is 10.2. The summed E-state index contributed by atoms with van der Waals surface area (Å²) in [5.41, 5.74) is 5.67. The van der Waals surface area contributed by atoms with E-state index in [1.807, 2.05) is 85.6 Å². The van der Waals surface area contributed by atoms with Crippen LogP contribution < -0.4 is 56.3 Å². The molecule has 55 heavy (non-hydrogen) atoms. The van der Waals surface area contributed by atoms with Crippen LogP contribution in [0.1, 0.15) is 45.1 Å². The molecule has 6 aromatic rings. The van der Waals surface area contributed by atoms with Gasteiger partial charge in [-0.3, -0.25) is 23.7 Å². The number of para-hydroxylation sites is 1. The minimum atomic E-state index is 0. The second kappa shape index (κ2) is 18.1. The van der Waals surface area contributed by atoms with Crippen LogP contribution in [0.3, 0.4) is 0 Å². The molecule has 13 heteroatoms. The lowest BCUT2D eigenvalue weighted by Crippen LogP contribution is -3.00. The molecule has 286 valence electrons. The van der Waals surface area contributed by atoms with Gasteiger partial charge >= 0.3 is 0 Å². The van der Waals surface area contributed by atoms with Crippen molar-refractivity contribution >= 4 is 79.8 Å². The van der Waals surface area contributed by atoms with Gasteiger partial charge in [0.25, 0.3) is 11.1 Å². The second-order valence-electron chi connectivity index (χ2n) is 12.5. The van der Waals surface area contributed by atoms with E-state index in [2.05, 4.69) is 81.9 Å². The van der Waals surface area contributed by atoms with Gasteiger partial charge in [0.2, 0.25) is 5.69 Å². The molecule has 0 unspecified atom stereocenters. The third-order valence-electron chi connectivity index (χ3n) is 9.12. The molecule has 0 spiro atoms. The predicted molar refractivity (Wildman–Crippen MR) is 230 cm³/mol. The summed E-state index contributed by atoms with van der Waals surface area (Å²) >= 11 is 6.47. The molecule has 2 aliphatic rings. The van der Waals surface area contributed by atoms with E-state index >= 15 is 0 Å². The molecule has 0 N–H and O–H groups in total. The summed E-state index contributed by atoms with van der Waals surface area (Å²) in [6.07, 6.45) is 7.94. The number of aryl methyl sites for hydroxylation is 2. The molecular weight excluding hydrogens is 784 g/mol. The quantitative estimate of drug-likeness (QED) is 0.248. The van der Waals surface area contributed by atoms with Crippen LogP contribution in [0.5, 0.6) is 0 Å². The van der Waals surface area contributed by atoms with Gasteiger partial charge < -0.3 is 22.2 Å². The van der Waals surface area contributed by atoms with Crippen LogP contribution in [0.4, 0.5) is 11.4 Å². The first-order chi connectivity index (χ1) is 25.7. The highest BCUT2D eigenvalue weighted by atomic mass is 35.5. The van der Waals surface area contributed by atoms with Gasteiger partial charge in [-0.2, -0.15) is 4.57 Å². The molecule has 0 amide bonds. The number of hydrogen-bond donors (Lipinski definition) is 0. The zero-order valence-corrected chi connectivity index (χ0v) is 35.0. The molecule has 0 saturated carbocycles. The smallest absolute Gasteiger partial charge is 0.271 e. The Labute approximate surface area is 344 Å². The average Bonchev–Trinajstić information content (AvgIpc) is 3.88. The van der Waals surface area contributed by atoms with Crippen molar-refractivity contribution in [3.8, 4) is 0 Å². The highest BCUT2D eigenvalue weighted by Gasteiger charge is 2.26. The monoisotopic (exact) mass is 828 g/mol. The normalized spacial score (nSPS) is 15.6. The maximum atomic E-state index is 13.1. The van der Waals surface area contributed by atoms with Crippen LogP contribution in [-0.2, 0) is 19.6 Å². The molecule has 8 nitrogen and oxygen atoms in total. The third-order valence-corrected chi connectivity index (χ3v) is 14.1. The van der Waals surface area contributed by atoms with Crippen LogP contribution >= 0.6 is 46.2 Å². The van der Waals surface area contributed by atoms with Crippen LogP contribution in [0.25, 0.3) is 22.2 Å². The Bertz CT molecular complexity index is 2700. The molecule has 4 aromatic heterocycles. The highest BCUT2D eigenvalue weighted by Crippen LogP contribution is 2.46. The summed E-state index contributed by atoms with van der Waals surface area (Å²) < 4.78 is 9.40. The Morgan fingerprint density at radius 2 is 1.29 bits per heavy atom. The molecule has 0 radical (unpaired) electrons. The largest absolute Gasteiger partial charge is 1.00 e. The van der Waals surface area contributed by atoms with E-state index in [4.69, 9.17) is 0 Å². The van der Waals surface area contributed by atoms with Crippen LogP contribution in [0.2, 0.25) is 0 Å². The summed E-state index contributed by atoms with van der Waals surface area (Å²) in [5.74, 6) is 0. The van der Waals surface area contributed by atoms with Gasteiger partial charge in [0, 0.05) is 61.4 Å². The maximum absolute atomic E-state index is 13.1. The summed E-state index contributed by atoms with van der Waals surface area (Å²) in [4.78, 5) is 37.2. The van der Waals surface area contributed by atoms with Crippen molar-refractivity contribution in [3.05, 3.63) is 147 Å². The molecule has 2 aromatic carbocycles. The van der Waals surface area contributed by atoms with E-state index in [-0.39, 0.29) is 31.0 Å². The number of benzene rings is 2. The van der Waals surface area contributed by atoms with E-state index in [1.54, 1.807) is 41.1 Å². The number of thioether (sulfide) groups is 2. The Kier molecular flexibility index (Phi) is 13.7. The van der Waals surface area contributed by atoms with Crippen molar-refractivity contribution in [3.63, 3.8) is 0 Å². The first kappa shape index (κ1) is 41.8. The van der Waals surface area contributed by atoms with Gasteiger partial charge in [-0.15, -0.1) is 22.7 Å². The number of aromatic nitrogens is 4. The molecule has 0 bridgehead atoms. The lowest BCUT2D eigenvalue weighted by molar-refractivity contribution is -0.695. The topological polar surface area (TPSA) is 67.2 Å². The molecule has 6 heterocycles. The summed E-state index contributed by atoms with van der Waals surface area (Å²) in [5, 5.41) is 2.02. The zero-order valence-electron chi connectivity index (χ0n) is 30.9. The Balaban J connectivity index is 0.000000204. The summed E-state index contributed by atoms with van der Waals surface area (Å²) in [6.45, 7) is 10.4. The van der Waals surface area contributed by atoms with E-state index in [9.17, 15) is 9.59 Å². The maximum Gasteiger partial charge on any atom is 0.271 e. The van der Waals surface area contributed by atoms with E-state index in [0.29, 0.717) is 13.1 Å². The molecular formula is C42H45ClN6O2S4. The Morgan fingerprint density at radius 1 is 0.709 bits per heavy atom. The van der Waals surface area contributed by atoms with Crippen molar-refractivity contribution in [2.75, 3.05) is 23.9 Å². The molecule has 0 saturated heterocycles. The minimum absolute atomic E-state index is 0. The highest BCUT2D eigenvalue weighted by molar-refractivity contribution is 8.09. The van der Waals surface area contributed by atoms with Gasteiger partial charge in [0.1, 0.15) is 35.0 Å². The second-order valence-corrected chi connectivity index (χ2v) is 16.6.